The Morgan fingerprint density at radius 1 is 1.24 bits per heavy atom. The fraction of sp³-hybridized carbons (Fsp3) is 0.692. The molecule has 1 aliphatic heterocycles. The van der Waals surface area contributed by atoms with Gasteiger partial charge in [0.05, 0.1) is 11.4 Å². The summed E-state index contributed by atoms with van der Waals surface area (Å²) in [6.07, 6.45) is 1.000. The lowest BCUT2D eigenvalue weighted by Crippen LogP contribution is -2.10. The van der Waals surface area contributed by atoms with Crippen LogP contribution in [0, 0.1) is 0 Å². The molecule has 0 fully saturated rings. The molecule has 0 saturated carbocycles. The maximum atomic E-state index is 4.69. The van der Waals surface area contributed by atoms with Crippen molar-refractivity contribution < 1.29 is 0 Å². The molecule has 4 heteroatoms. The second-order valence-corrected chi connectivity index (χ2v) is 7.17. The third-order valence-electron chi connectivity index (χ3n) is 2.79. The summed E-state index contributed by atoms with van der Waals surface area (Å²) >= 11 is 1.91. The molecule has 0 bridgehead atoms. The van der Waals surface area contributed by atoms with E-state index < -0.39 is 0 Å². The number of rotatable bonds is 3. The fourth-order valence-electron chi connectivity index (χ4n) is 1.93. The molecule has 0 spiro atoms. The maximum Gasteiger partial charge on any atom is 0.138 e. The summed E-state index contributed by atoms with van der Waals surface area (Å²) in [5.41, 5.74) is 3.77. The van der Waals surface area contributed by atoms with E-state index in [1.165, 1.54) is 17.0 Å². The third-order valence-corrected chi connectivity index (χ3v) is 4.06. The van der Waals surface area contributed by atoms with Crippen molar-refractivity contribution in [2.45, 2.75) is 57.7 Å². The van der Waals surface area contributed by atoms with Crippen molar-refractivity contribution in [1.82, 2.24) is 15.3 Å². The summed E-state index contributed by atoms with van der Waals surface area (Å²) in [6, 6.07) is 0. The number of nitrogens with one attached hydrogen (secondary N) is 1. The van der Waals surface area contributed by atoms with Crippen LogP contribution < -0.4 is 5.32 Å². The fourth-order valence-corrected chi connectivity index (χ4v) is 2.62. The van der Waals surface area contributed by atoms with Crippen LogP contribution in [0.1, 0.15) is 50.5 Å². The average molecular weight is 251 g/mol. The Hall–Kier alpha value is -0.610. The van der Waals surface area contributed by atoms with Gasteiger partial charge in [0.25, 0.3) is 0 Å². The minimum Gasteiger partial charge on any atom is -0.307 e. The van der Waals surface area contributed by atoms with Crippen LogP contribution in [0.4, 0.5) is 0 Å². The molecule has 17 heavy (non-hydrogen) atoms. The molecule has 3 nitrogen and oxygen atoms in total. The maximum absolute atomic E-state index is 4.69. The molecule has 2 heterocycles. The van der Waals surface area contributed by atoms with Crippen molar-refractivity contribution in [3.05, 3.63) is 22.8 Å². The van der Waals surface area contributed by atoms with Gasteiger partial charge in [-0.05, 0) is 6.42 Å². The minimum atomic E-state index is 0.271. The molecular weight excluding hydrogens is 230 g/mol. The SMILES string of the molecule is CCc1nc(CSC(C)(C)C)nc2c1CNC2. The molecular formula is C13H21N3S. The average Bonchev–Trinajstić information content (AvgIpc) is 2.72. The van der Waals surface area contributed by atoms with Crippen LogP contribution in [-0.2, 0) is 25.3 Å². The van der Waals surface area contributed by atoms with E-state index in [1.807, 2.05) is 11.8 Å². The van der Waals surface area contributed by atoms with E-state index in [1.54, 1.807) is 0 Å². The van der Waals surface area contributed by atoms with Crippen molar-refractivity contribution in [2.24, 2.45) is 0 Å². The van der Waals surface area contributed by atoms with Crippen molar-refractivity contribution in [1.29, 1.82) is 0 Å². The normalized spacial score (nSPS) is 15.1. The van der Waals surface area contributed by atoms with Gasteiger partial charge < -0.3 is 5.32 Å². The van der Waals surface area contributed by atoms with Crippen LogP contribution in [0.15, 0.2) is 0 Å². The second kappa shape index (κ2) is 4.94. The standard InChI is InChI=1S/C13H21N3S/c1-5-10-9-6-14-7-11(9)16-12(15-10)8-17-13(2,3)4/h14H,5-8H2,1-4H3. The van der Waals surface area contributed by atoms with Gasteiger partial charge in [-0.2, -0.15) is 0 Å². The summed E-state index contributed by atoms with van der Waals surface area (Å²) in [6.45, 7) is 10.7. The summed E-state index contributed by atoms with van der Waals surface area (Å²) in [5, 5.41) is 3.35. The van der Waals surface area contributed by atoms with E-state index in [4.69, 9.17) is 4.98 Å². The van der Waals surface area contributed by atoms with E-state index in [9.17, 15) is 0 Å². The number of aryl methyl sites for hydroxylation is 1. The summed E-state index contributed by atoms with van der Waals surface area (Å²) < 4.78 is 0.271. The number of hydrogen-bond acceptors (Lipinski definition) is 4. The lowest BCUT2D eigenvalue weighted by molar-refractivity contribution is 0.755. The van der Waals surface area contributed by atoms with Gasteiger partial charge in [0.15, 0.2) is 0 Å². The van der Waals surface area contributed by atoms with Crippen LogP contribution in [0.5, 0.6) is 0 Å². The zero-order valence-electron chi connectivity index (χ0n) is 11.1. The van der Waals surface area contributed by atoms with Crippen LogP contribution in [-0.4, -0.2) is 14.7 Å². The highest BCUT2D eigenvalue weighted by Gasteiger charge is 2.19. The summed E-state index contributed by atoms with van der Waals surface area (Å²) in [4.78, 5) is 9.36. The van der Waals surface area contributed by atoms with Gasteiger partial charge in [-0.1, -0.05) is 27.7 Å². The van der Waals surface area contributed by atoms with Crippen molar-refractivity contribution in [3.8, 4) is 0 Å². The third kappa shape index (κ3) is 3.19. The molecule has 1 aromatic heterocycles. The first-order valence-electron chi connectivity index (χ1n) is 6.22. The first-order chi connectivity index (χ1) is 7.99. The van der Waals surface area contributed by atoms with Crippen molar-refractivity contribution >= 4 is 11.8 Å². The van der Waals surface area contributed by atoms with E-state index in [0.29, 0.717) is 0 Å². The number of nitrogens with zero attached hydrogens (tertiary/aromatic N) is 2. The van der Waals surface area contributed by atoms with E-state index in [-0.39, 0.29) is 4.75 Å². The molecule has 0 aliphatic carbocycles. The number of aromatic nitrogens is 2. The Morgan fingerprint density at radius 3 is 2.65 bits per heavy atom. The Morgan fingerprint density at radius 2 is 2.00 bits per heavy atom. The van der Waals surface area contributed by atoms with Gasteiger partial charge in [0.1, 0.15) is 5.82 Å². The first kappa shape index (κ1) is 12.8. The second-order valence-electron chi connectivity index (χ2n) is 5.37. The predicted octanol–water partition coefficient (Wildman–Crippen LogP) is 2.67. The van der Waals surface area contributed by atoms with E-state index >= 15 is 0 Å². The molecule has 1 aromatic rings. The Balaban J connectivity index is 2.19. The Bertz CT molecular complexity index is 410. The monoisotopic (exact) mass is 251 g/mol. The molecule has 94 valence electrons. The van der Waals surface area contributed by atoms with Crippen LogP contribution in [0.3, 0.4) is 0 Å². The van der Waals surface area contributed by atoms with Gasteiger partial charge in [-0.25, -0.2) is 9.97 Å². The van der Waals surface area contributed by atoms with E-state index in [2.05, 4.69) is 38.0 Å². The zero-order valence-corrected chi connectivity index (χ0v) is 11.9. The molecule has 1 aliphatic rings. The van der Waals surface area contributed by atoms with E-state index in [0.717, 1.165) is 31.1 Å². The van der Waals surface area contributed by atoms with Crippen LogP contribution >= 0.6 is 11.8 Å². The predicted molar refractivity (Wildman–Crippen MR) is 73.0 cm³/mol. The van der Waals surface area contributed by atoms with Gasteiger partial charge in [0.2, 0.25) is 0 Å². The lowest BCUT2D eigenvalue weighted by Gasteiger charge is -2.17. The van der Waals surface area contributed by atoms with Gasteiger partial charge >= 0.3 is 0 Å². The topological polar surface area (TPSA) is 37.8 Å². The molecule has 1 N–H and O–H groups in total. The molecule has 0 amide bonds. The summed E-state index contributed by atoms with van der Waals surface area (Å²) in [5.74, 6) is 1.90. The smallest absolute Gasteiger partial charge is 0.138 e. The molecule has 0 aromatic carbocycles. The first-order valence-corrected chi connectivity index (χ1v) is 7.20. The van der Waals surface area contributed by atoms with Crippen molar-refractivity contribution in [2.75, 3.05) is 0 Å². The van der Waals surface area contributed by atoms with Gasteiger partial charge in [-0.3, -0.25) is 0 Å². The lowest BCUT2D eigenvalue weighted by atomic mass is 10.1. The highest BCUT2D eigenvalue weighted by molar-refractivity contribution is 7.99. The Labute approximate surface area is 108 Å². The quantitative estimate of drug-likeness (QED) is 0.896. The number of hydrogen-bond donors (Lipinski definition) is 1. The van der Waals surface area contributed by atoms with Gasteiger partial charge in [0, 0.05) is 29.1 Å². The highest BCUT2D eigenvalue weighted by atomic mass is 32.2. The molecule has 0 saturated heterocycles. The summed E-state index contributed by atoms with van der Waals surface area (Å²) in [7, 11) is 0. The van der Waals surface area contributed by atoms with Crippen LogP contribution in [0.2, 0.25) is 0 Å². The molecule has 0 atom stereocenters. The number of fused-ring (bicyclic) bond motifs is 1. The minimum absolute atomic E-state index is 0.271. The largest absolute Gasteiger partial charge is 0.307 e. The molecule has 2 rings (SSSR count). The Kier molecular flexibility index (Phi) is 3.73. The highest BCUT2D eigenvalue weighted by Crippen LogP contribution is 2.27. The molecule has 0 unspecified atom stereocenters. The zero-order chi connectivity index (χ0) is 12.5. The van der Waals surface area contributed by atoms with Gasteiger partial charge in [-0.15, -0.1) is 11.8 Å². The van der Waals surface area contributed by atoms with Crippen LogP contribution in [0.25, 0.3) is 0 Å². The molecule has 0 radical (unpaired) electrons. The van der Waals surface area contributed by atoms with Crippen molar-refractivity contribution in [3.63, 3.8) is 0 Å². The number of thioether (sulfide) groups is 1.